The predicted molar refractivity (Wildman–Crippen MR) is 97.0 cm³/mol. The van der Waals surface area contributed by atoms with Crippen LogP contribution in [0, 0.1) is 0 Å². The van der Waals surface area contributed by atoms with Crippen LogP contribution in [0.4, 0.5) is 4.79 Å². The number of Topliss-reactive ketones (excluding diaryl/α,β-unsaturated/α-hetero) is 1. The molecule has 0 bridgehead atoms. The molecule has 0 radical (unpaired) electrons. The molecule has 7 nitrogen and oxygen atoms in total. The van der Waals surface area contributed by atoms with Gasteiger partial charge >= 0.3 is 6.03 Å². The molecule has 0 aliphatic carbocycles. The summed E-state index contributed by atoms with van der Waals surface area (Å²) in [6, 6.07) is 9.72. The zero-order valence-corrected chi connectivity index (χ0v) is 14.6. The smallest absolute Gasteiger partial charge is 0.315 e. The molecule has 0 saturated carbocycles. The topological polar surface area (TPSA) is 108 Å². The highest BCUT2D eigenvalue weighted by Gasteiger charge is 2.35. The largest absolute Gasteiger partial charge is 0.507 e. The molecule has 2 aromatic carbocycles. The predicted octanol–water partition coefficient (Wildman–Crippen LogP) is 2.94. The Balaban J connectivity index is 1.72. The minimum absolute atomic E-state index is 0.0569. The first-order valence-electron chi connectivity index (χ1n) is 8.92. The first-order valence-corrected chi connectivity index (χ1v) is 8.92. The Kier molecular flexibility index (Phi) is 4.35. The third-order valence-electron chi connectivity index (χ3n) is 4.98. The van der Waals surface area contributed by atoms with Crippen molar-refractivity contribution >= 4 is 11.8 Å². The van der Waals surface area contributed by atoms with Crippen LogP contribution in [-0.4, -0.2) is 28.6 Å². The quantitative estimate of drug-likeness (QED) is 0.652. The van der Waals surface area contributed by atoms with Crippen LogP contribution < -0.4 is 15.4 Å². The maximum atomic E-state index is 12.7. The van der Waals surface area contributed by atoms with Gasteiger partial charge in [0.25, 0.3) is 0 Å². The summed E-state index contributed by atoms with van der Waals surface area (Å²) in [6.07, 6.45) is 0.825. The van der Waals surface area contributed by atoms with Crippen LogP contribution in [0.3, 0.4) is 0 Å². The van der Waals surface area contributed by atoms with Gasteiger partial charge in [0.2, 0.25) is 0 Å². The maximum Gasteiger partial charge on any atom is 0.315 e. The number of phenolic OH excluding ortho intramolecular Hbond substituents is 2. The minimum Gasteiger partial charge on any atom is -0.507 e. The molecular weight excluding hydrogens is 348 g/mol. The highest BCUT2D eigenvalue weighted by atomic mass is 16.5. The van der Waals surface area contributed by atoms with Crippen LogP contribution in [0.1, 0.15) is 52.9 Å². The molecule has 2 unspecified atom stereocenters. The molecule has 0 spiro atoms. The van der Waals surface area contributed by atoms with E-state index in [-0.39, 0.29) is 46.6 Å². The van der Waals surface area contributed by atoms with Crippen molar-refractivity contribution < 1.29 is 24.5 Å². The Morgan fingerprint density at radius 1 is 1.11 bits per heavy atom. The van der Waals surface area contributed by atoms with Crippen LogP contribution in [0.25, 0.3) is 0 Å². The number of amides is 2. The molecule has 140 valence electrons. The summed E-state index contributed by atoms with van der Waals surface area (Å²) in [4.78, 5) is 24.5. The molecule has 2 aromatic rings. The molecule has 2 atom stereocenters. The fourth-order valence-corrected chi connectivity index (χ4v) is 3.68. The van der Waals surface area contributed by atoms with E-state index < -0.39 is 12.1 Å². The van der Waals surface area contributed by atoms with Gasteiger partial charge in [-0.05, 0) is 18.4 Å². The van der Waals surface area contributed by atoms with Crippen molar-refractivity contribution in [2.24, 2.45) is 0 Å². The first-order chi connectivity index (χ1) is 13.0. The lowest BCUT2D eigenvalue weighted by Gasteiger charge is -2.28. The number of aromatic hydroxyl groups is 2. The molecule has 2 amide bonds. The number of phenols is 2. The second-order valence-electron chi connectivity index (χ2n) is 6.77. The molecule has 1 saturated heterocycles. The number of fused-ring (bicyclic) bond motifs is 1. The van der Waals surface area contributed by atoms with E-state index in [1.807, 2.05) is 30.3 Å². The summed E-state index contributed by atoms with van der Waals surface area (Å²) < 4.78 is 5.90. The Labute approximate surface area is 156 Å². The normalized spacial score (nSPS) is 22.1. The number of rotatable bonds is 2. The van der Waals surface area contributed by atoms with E-state index in [4.69, 9.17) is 4.74 Å². The van der Waals surface area contributed by atoms with Crippen molar-refractivity contribution in [3.8, 4) is 17.2 Å². The molecule has 2 aliphatic heterocycles. The third-order valence-corrected chi connectivity index (χ3v) is 4.98. The van der Waals surface area contributed by atoms with Gasteiger partial charge in [-0.2, -0.15) is 0 Å². The number of nitrogens with one attached hydrogen (secondary N) is 2. The van der Waals surface area contributed by atoms with Gasteiger partial charge in [0, 0.05) is 12.6 Å². The van der Waals surface area contributed by atoms with Crippen molar-refractivity contribution in [2.45, 2.75) is 31.4 Å². The molecule has 4 N–H and O–H groups in total. The van der Waals surface area contributed by atoms with Gasteiger partial charge in [0.1, 0.15) is 28.9 Å². The number of benzene rings is 2. The van der Waals surface area contributed by atoms with Gasteiger partial charge in [-0.1, -0.05) is 30.3 Å². The van der Waals surface area contributed by atoms with E-state index in [0.717, 1.165) is 5.56 Å². The fourth-order valence-electron chi connectivity index (χ4n) is 3.68. The van der Waals surface area contributed by atoms with E-state index >= 15 is 0 Å². The van der Waals surface area contributed by atoms with E-state index in [9.17, 15) is 19.8 Å². The Morgan fingerprint density at radius 2 is 1.89 bits per heavy atom. The number of hydrogen-bond acceptors (Lipinski definition) is 5. The SMILES string of the molecule is O=C1NCCCC(c2c(O)cc3c(c2O)C(=O)CC(c2ccccc2)O3)N1. The Bertz CT molecular complexity index is 897. The highest BCUT2D eigenvalue weighted by Crippen LogP contribution is 2.47. The van der Waals surface area contributed by atoms with Crippen molar-refractivity contribution in [3.05, 3.63) is 53.1 Å². The van der Waals surface area contributed by atoms with E-state index in [1.54, 1.807) is 0 Å². The zero-order valence-electron chi connectivity index (χ0n) is 14.6. The first kappa shape index (κ1) is 17.2. The molecule has 7 heteroatoms. The molecule has 4 rings (SSSR count). The molecular formula is C20H20N2O5. The zero-order chi connectivity index (χ0) is 19.0. The average molecular weight is 368 g/mol. The summed E-state index contributed by atoms with van der Waals surface area (Å²) in [5.74, 6) is -0.646. The lowest BCUT2D eigenvalue weighted by Crippen LogP contribution is -2.35. The van der Waals surface area contributed by atoms with Gasteiger partial charge in [0.05, 0.1) is 18.0 Å². The van der Waals surface area contributed by atoms with Gasteiger partial charge in [0.15, 0.2) is 5.78 Å². The summed E-state index contributed by atoms with van der Waals surface area (Å²) >= 11 is 0. The van der Waals surface area contributed by atoms with E-state index in [2.05, 4.69) is 10.6 Å². The highest BCUT2D eigenvalue weighted by molar-refractivity contribution is 6.03. The molecule has 27 heavy (non-hydrogen) atoms. The van der Waals surface area contributed by atoms with Gasteiger partial charge in [-0.3, -0.25) is 4.79 Å². The average Bonchev–Trinajstić information content (AvgIpc) is 2.86. The number of urea groups is 1. The fraction of sp³-hybridized carbons (Fsp3) is 0.300. The minimum atomic E-state index is -0.586. The van der Waals surface area contributed by atoms with Crippen LogP contribution in [-0.2, 0) is 0 Å². The third kappa shape index (κ3) is 3.16. The lowest BCUT2D eigenvalue weighted by molar-refractivity contribution is 0.0844. The van der Waals surface area contributed by atoms with Gasteiger partial charge in [-0.25, -0.2) is 4.79 Å². The molecule has 2 heterocycles. The van der Waals surface area contributed by atoms with Crippen molar-refractivity contribution in [2.75, 3.05) is 6.54 Å². The van der Waals surface area contributed by atoms with Crippen LogP contribution >= 0.6 is 0 Å². The lowest BCUT2D eigenvalue weighted by atomic mass is 9.91. The molecule has 2 aliphatic rings. The second kappa shape index (κ2) is 6.83. The van der Waals surface area contributed by atoms with E-state index in [0.29, 0.717) is 19.4 Å². The van der Waals surface area contributed by atoms with Crippen molar-refractivity contribution in [3.63, 3.8) is 0 Å². The van der Waals surface area contributed by atoms with Crippen LogP contribution in [0.2, 0.25) is 0 Å². The number of ether oxygens (including phenoxy) is 1. The number of carbonyl (C=O) groups is 2. The van der Waals surface area contributed by atoms with Crippen molar-refractivity contribution in [1.82, 2.24) is 10.6 Å². The summed E-state index contributed by atoms with van der Waals surface area (Å²) in [5.41, 5.74) is 1.06. The second-order valence-corrected chi connectivity index (χ2v) is 6.77. The van der Waals surface area contributed by atoms with Crippen LogP contribution in [0.15, 0.2) is 36.4 Å². The maximum absolute atomic E-state index is 12.7. The number of ketones is 1. The molecule has 0 aromatic heterocycles. The van der Waals surface area contributed by atoms with Crippen LogP contribution in [0.5, 0.6) is 17.2 Å². The standard InChI is InChI=1S/C20H20N2O5/c23-13-10-16-18(14(24)9-15(27-16)11-5-2-1-3-6-11)19(25)17(13)12-7-4-8-21-20(26)22-12/h1-3,5-6,10,12,15,23,25H,4,7-9H2,(H2,21,22,26). The number of carbonyl (C=O) groups excluding carboxylic acids is 2. The summed E-state index contributed by atoms with van der Waals surface area (Å²) in [6.45, 7) is 0.510. The Hall–Kier alpha value is -3.22. The van der Waals surface area contributed by atoms with Gasteiger partial charge < -0.3 is 25.6 Å². The van der Waals surface area contributed by atoms with Gasteiger partial charge in [-0.15, -0.1) is 0 Å². The number of hydrogen-bond donors (Lipinski definition) is 4. The summed E-state index contributed by atoms with van der Waals surface area (Å²) in [5, 5.41) is 26.6. The summed E-state index contributed by atoms with van der Waals surface area (Å²) in [7, 11) is 0. The van der Waals surface area contributed by atoms with E-state index in [1.165, 1.54) is 6.07 Å². The Morgan fingerprint density at radius 3 is 2.67 bits per heavy atom. The molecule has 1 fully saturated rings. The van der Waals surface area contributed by atoms with Crippen molar-refractivity contribution in [1.29, 1.82) is 0 Å². The monoisotopic (exact) mass is 368 g/mol.